The van der Waals surface area contributed by atoms with Gasteiger partial charge in [-0.05, 0) is 37.3 Å². The van der Waals surface area contributed by atoms with Crippen LogP contribution in [0.25, 0.3) is 17.5 Å². The van der Waals surface area contributed by atoms with Gasteiger partial charge in [0, 0.05) is 16.8 Å². The van der Waals surface area contributed by atoms with Crippen LogP contribution in [0, 0.1) is 0 Å². The molecule has 5 rings (SSSR count). The van der Waals surface area contributed by atoms with E-state index in [1.807, 2.05) is 6.07 Å². The Morgan fingerprint density at radius 2 is 1.52 bits per heavy atom. The second kappa shape index (κ2) is 13.7. The maximum absolute atomic E-state index is 14.4. The molecule has 0 saturated carbocycles. The quantitative estimate of drug-likeness (QED) is 0.250. The number of fused-ring (bicyclic) bond motifs is 1. The standard InChI is InChI=1S/C34H33N3O8S/c1-6-45-34(40)26-25(21-15-11-17-23(42-3)29(21)44-5)27(31(38)36-20-13-8-7-9-14-20)33-37(30(26)35)32(39)24(46-33)18-19-12-10-16-22(41-2)28(19)43-4/h7-18,25H,6,35H2,1-5H3,(H,36,38)/b24-18+. The van der Waals surface area contributed by atoms with Gasteiger partial charge >= 0.3 is 5.97 Å². The van der Waals surface area contributed by atoms with Gasteiger partial charge in [-0.1, -0.05) is 42.5 Å². The van der Waals surface area contributed by atoms with Gasteiger partial charge in [0.1, 0.15) is 10.5 Å². The molecule has 1 aliphatic rings. The van der Waals surface area contributed by atoms with E-state index in [4.69, 9.17) is 29.4 Å². The van der Waals surface area contributed by atoms with Crippen LogP contribution in [-0.4, -0.2) is 51.5 Å². The molecule has 0 bridgehead atoms. The molecule has 1 atom stereocenters. The summed E-state index contributed by atoms with van der Waals surface area (Å²) in [7, 11) is 5.96. The molecule has 0 aliphatic carbocycles. The number of hydrogen-bond donors (Lipinski definition) is 2. The molecular formula is C34H33N3O8S. The number of nitrogens with zero attached hydrogens (tertiary/aromatic N) is 1. The van der Waals surface area contributed by atoms with Gasteiger partial charge in [0.25, 0.3) is 11.5 Å². The van der Waals surface area contributed by atoms with Crippen molar-refractivity contribution in [2.75, 3.05) is 40.4 Å². The predicted molar refractivity (Wildman–Crippen MR) is 176 cm³/mol. The molecule has 11 nitrogen and oxygen atoms in total. The Labute approximate surface area is 268 Å². The number of nitrogens with one attached hydrogen (secondary N) is 1. The molecule has 0 spiro atoms. The van der Waals surface area contributed by atoms with E-state index in [1.165, 1.54) is 33.0 Å². The summed E-state index contributed by atoms with van der Waals surface area (Å²) in [4.78, 5) is 42.2. The number of para-hydroxylation sites is 3. The number of ether oxygens (including phenoxy) is 5. The van der Waals surface area contributed by atoms with Crippen molar-refractivity contribution in [3.63, 3.8) is 0 Å². The number of esters is 1. The average Bonchev–Trinajstić information content (AvgIpc) is 3.39. The second-order valence-corrected chi connectivity index (χ2v) is 10.9. The number of methoxy groups -OCH3 is 4. The Kier molecular flexibility index (Phi) is 9.47. The SMILES string of the molecule is CCOC(=O)C1=C(N)n2c(s/c(=C/c3cccc(OC)c3OC)c2=O)=C(C(=O)Nc2ccccc2)C1c1cccc(OC)c1OC. The molecule has 3 N–H and O–H groups in total. The van der Waals surface area contributed by atoms with Crippen LogP contribution < -0.4 is 44.8 Å². The maximum atomic E-state index is 14.4. The molecule has 0 radical (unpaired) electrons. The van der Waals surface area contributed by atoms with Crippen molar-refractivity contribution in [1.29, 1.82) is 0 Å². The summed E-state index contributed by atoms with van der Waals surface area (Å²) >= 11 is 1.05. The van der Waals surface area contributed by atoms with Gasteiger partial charge in [-0.2, -0.15) is 0 Å². The van der Waals surface area contributed by atoms with Crippen molar-refractivity contribution in [3.8, 4) is 23.0 Å². The van der Waals surface area contributed by atoms with Crippen LogP contribution >= 0.6 is 11.3 Å². The van der Waals surface area contributed by atoms with Gasteiger partial charge in [-0.3, -0.25) is 14.2 Å². The van der Waals surface area contributed by atoms with Gasteiger partial charge in [0.05, 0.1) is 56.6 Å². The van der Waals surface area contributed by atoms with E-state index < -0.39 is 23.4 Å². The number of amides is 1. The van der Waals surface area contributed by atoms with Crippen molar-refractivity contribution in [2.24, 2.45) is 5.73 Å². The van der Waals surface area contributed by atoms with E-state index in [-0.39, 0.29) is 38.5 Å². The summed E-state index contributed by atoms with van der Waals surface area (Å²) in [5, 5.41) is 2.92. The minimum atomic E-state index is -1.11. The van der Waals surface area contributed by atoms with E-state index in [0.29, 0.717) is 34.1 Å². The van der Waals surface area contributed by atoms with Crippen LogP contribution in [0.1, 0.15) is 24.0 Å². The molecule has 1 amide bonds. The molecule has 0 fully saturated rings. The van der Waals surface area contributed by atoms with E-state index in [0.717, 1.165) is 11.3 Å². The Morgan fingerprint density at radius 3 is 2.15 bits per heavy atom. The van der Waals surface area contributed by atoms with Crippen molar-refractivity contribution >= 4 is 46.4 Å². The van der Waals surface area contributed by atoms with Gasteiger partial charge in [0.2, 0.25) is 0 Å². The first-order valence-corrected chi connectivity index (χ1v) is 15.0. The second-order valence-electron chi connectivity index (χ2n) is 9.91. The number of carbonyl (C=O) groups is 2. The summed E-state index contributed by atoms with van der Waals surface area (Å²) in [6, 6.07) is 19.2. The van der Waals surface area contributed by atoms with E-state index in [1.54, 1.807) is 73.7 Å². The summed E-state index contributed by atoms with van der Waals surface area (Å²) in [5.41, 5.74) is 7.66. The summed E-state index contributed by atoms with van der Waals surface area (Å²) < 4.78 is 29.4. The molecule has 4 aromatic rings. The third-order valence-electron chi connectivity index (χ3n) is 7.38. The van der Waals surface area contributed by atoms with Crippen LogP contribution in [0.15, 0.2) is 77.1 Å². The molecule has 2 heterocycles. The Bertz CT molecular complexity index is 2010. The van der Waals surface area contributed by atoms with Crippen molar-refractivity contribution in [1.82, 2.24) is 4.57 Å². The lowest BCUT2D eigenvalue weighted by Gasteiger charge is -2.29. The number of anilines is 1. The largest absolute Gasteiger partial charge is 0.493 e. The smallest absolute Gasteiger partial charge is 0.338 e. The van der Waals surface area contributed by atoms with Crippen LogP contribution in [-0.2, 0) is 14.3 Å². The molecule has 1 aliphatic heterocycles. The number of carbonyl (C=O) groups excluding carboxylic acids is 2. The lowest BCUT2D eigenvalue weighted by Crippen LogP contribution is -2.42. The fraction of sp³-hybridized carbons (Fsp3) is 0.206. The fourth-order valence-corrected chi connectivity index (χ4v) is 6.58. The highest BCUT2D eigenvalue weighted by Gasteiger charge is 2.41. The van der Waals surface area contributed by atoms with Crippen molar-refractivity contribution < 1.29 is 33.3 Å². The average molecular weight is 644 g/mol. The molecule has 238 valence electrons. The highest BCUT2D eigenvalue weighted by atomic mass is 32.1. The molecule has 12 heteroatoms. The lowest BCUT2D eigenvalue weighted by molar-refractivity contribution is -0.138. The maximum Gasteiger partial charge on any atom is 0.338 e. The highest BCUT2D eigenvalue weighted by molar-refractivity contribution is 7.07. The van der Waals surface area contributed by atoms with Gasteiger partial charge in [0.15, 0.2) is 23.0 Å². The highest BCUT2D eigenvalue weighted by Crippen LogP contribution is 2.45. The zero-order valence-electron chi connectivity index (χ0n) is 25.9. The van der Waals surface area contributed by atoms with E-state index >= 15 is 0 Å². The van der Waals surface area contributed by atoms with Crippen LogP contribution in [0.4, 0.5) is 5.69 Å². The van der Waals surface area contributed by atoms with E-state index in [2.05, 4.69) is 5.32 Å². The summed E-state index contributed by atoms with van der Waals surface area (Å²) in [6.07, 6.45) is 1.63. The Morgan fingerprint density at radius 1 is 0.870 bits per heavy atom. The molecule has 46 heavy (non-hydrogen) atoms. The van der Waals surface area contributed by atoms with E-state index in [9.17, 15) is 14.4 Å². The third kappa shape index (κ3) is 5.70. The van der Waals surface area contributed by atoms with Crippen LogP contribution in [0.3, 0.4) is 0 Å². The monoisotopic (exact) mass is 643 g/mol. The van der Waals surface area contributed by atoms with Crippen molar-refractivity contribution in [2.45, 2.75) is 12.8 Å². The van der Waals surface area contributed by atoms with Crippen LogP contribution in [0.5, 0.6) is 23.0 Å². The molecule has 0 saturated heterocycles. The number of thiazole rings is 1. The van der Waals surface area contributed by atoms with Crippen molar-refractivity contribution in [3.05, 3.63) is 103 Å². The zero-order valence-corrected chi connectivity index (χ0v) is 26.7. The normalized spacial score (nSPS) is 14.4. The first-order valence-electron chi connectivity index (χ1n) is 14.2. The molecule has 1 unspecified atom stereocenters. The van der Waals surface area contributed by atoms with Crippen LogP contribution in [0.2, 0.25) is 0 Å². The molecule has 3 aromatic carbocycles. The number of rotatable bonds is 10. The topological polar surface area (TPSA) is 140 Å². The zero-order chi connectivity index (χ0) is 33.0. The minimum absolute atomic E-state index is 0.0309. The molecule has 1 aromatic heterocycles. The summed E-state index contributed by atoms with van der Waals surface area (Å²) in [6.45, 7) is 1.69. The predicted octanol–water partition coefficient (Wildman–Crippen LogP) is 3.05. The Hall–Kier alpha value is -5.49. The number of benzene rings is 3. The number of aromatic nitrogens is 1. The fourth-order valence-electron chi connectivity index (χ4n) is 5.41. The Balaban J connectivity index is 1.91. The third-order valence-corrected chi connectivity index (χ3v) is 8.49. The lowest BCUT2D eigenvalue weighted by atomic mass is 9.82. The minimum Gasteiger partial charge on any atom is -0.493 e. The first kappa shape index (κ1) is 31.9. The van der Waals surface area contributed by atoms with Gasteiger partial charge in [-0.15, -0.1) is 11.3 Å². The van der Waals surface area contributed by atoms with Gasteiger partial charge < -0.3 is 34.7 Å². The van der Waals surface area contributed by atoms with Gasteiger partial charge in [-0.25, -0.2) is 4.79 Å². The number of nitrogens with two attached hydrogens (primary N) is 1. The first-order chi connectivity index (χ1) is 22.3. The summed E-state index contributed by atoms with van der Waals surface area (Å²) in [5.74, 6) is -1.07. The molecular weight excluding hydrogens is 610 g/mol. The number of hydrogen-bond acceptors (Lipinski definition) is 10.